The number of ether oxygens (including phenoxy) is 2. The molecule has 1 aliphatic rings. The van der Waals surface area contributed by atoms with Crippen LogP contribution in [0.25, 0.3) is 0 Å². The summed E-state index contributed by atoms with van der Waals surface area (Å²) in [6.45, 7) is 7.40. The van der Waals surface area contributed by atoms with E-state index in [9.17, 15) is 8.42 Å². The second-order valence-corrected chi connectivity index (χ2v) is 8.83. The van der Waals surface area contributed by atoms with E-state index in [4.69, 9.17) is 9.47 Å². The van der Waals surface area contributed by atoms with Crippen molar-refractivity contribution in [2.45, 2.75) is 37.5 Å². The van der Waals surface area contributed by atoms with Crippen LogP contribution in [0.2, 0.25) is 0 Å². The third-order valence-electron chi connectivity index (χ3n) is 4.67. The highest BCUT2D eigenvalue weighted by Gasteiger charge is 2.26. The average Bonchev–Trinajstić information content (AvgIpc) is 2.66. The van der Waals surface area contributed by atoms with Crippen LogP contribution in [-0.4, -0.2) is 28.2 Å². The van der Waals surface area contributed by atoms with E-state index < -0.39 is 15.4 Å². The monoisotopic (exact) mass is 375 g/mol. The highest BCUT2D eigenvalue weighted by Crippen LogP contribution is 2.35. The summed E-state index contributed by atoms with van der Waals surface area (Å²) >= 11 is 0. The molecule has 3 rings (SSSR count). The minimum absolute atomic E-state index is 0.282. The molecule has 0 amide bonds. The second kappa shape index (κ2) is 7.29. The molecular weight excluding hydrogens is 350 g/mol. The van der Waals surface area contributed by atoms with E-state index in [1.54, 1.807) is 12.1 Å². The van der Waals surface area contributed by atoms with Crippen LogP contribution < -0.4 is 14.2 Å². The van der Waals surface area contributed by atoms with Gasteiger partial charge >= 0.3 is 0 Å². The lowest BCUT2D eigenvalue weighted by atomic mass is 9.84. The fourth-order valence-electron chi connectivity index (χ4n) is 2.83. The maximum absolute atomic E-state index is 12.6. The molecule has 1 heterocycles. The molecule has 0 saturated heterocycles. The standard InChI is InChI=1S/C20H25NO4S/c1-4-15-5-8-17(9-6-15)26(22,23)21-14-20(2,3)16-7-10-18-19(13-16)25-12-11-24-18/h5-10,13,21H,4,11-12,14H2,1-3H3. The van der Waals surface area contributed by atoms with Gasteiger partial charge in [0.2, 0.25) is 10.0 Å². The van der Waals surface area contributed by atoms with Gasteiger partial charge in [0.15, 0.2) is 11.5 Å². The van der Waals surface area contributed by atoms with Crippen molar-refractivity contribution in [1.29, 1.82) is 0 Å². The second-order valence-electron chi connectivity index (χ2n) is 7.06. The first-order valence-corrected chi connectivity index (χ1v) is 10.3. The van der Waals surface area contributed by atoms with Crippen LogP contribution in [0.4, 0.5) is 0 Å². The number of hydrogen-bond acceptors (Lipinski definition) is 4. The summed E-state index contributed by atoms with van der Waals surface area (Å²) in [7, 11) is -3.55. The Balaban J connectivity index is 1.74. The maximum atomic E-state index is 12.6. The molecule has 2 aromatic carbocycles. The van der Waals surface area contributed by atoms with Gasteiger partial charge in [-0.2, -0.15) is 0 Å². The number of hydrogen-bond donors (Lipinski definition) is 1. The zero-order valence-corrected chi connectivity index (χ0v) is 16.2. The molecular formula is C20H25NO4S. The van der Waals surface area contributed by atoms with Crippen molar-refractivity contribution in [2.75, 3.05) is 19.8 Å². The lowest BCUT2D eigenvalue weighted by molar-refractivity contribution is 0.171. The molecule has 6 heteroatoms. The van der Waals surface area contributed by atoms with Crippen molar-refractivity contribution >= 4 is 10.0 Å². The van der Waals surface area contributed by atoms with Gasteiger partial charge in [-0.05, 0) is 41.8 Å². The number of nitrogens with one attached hydrogen (secondary N) is 1. The maximum Gasteiger partial charge on any atom is 0.240 e. The van der Waals surface area contributed by atoms with Gasteiger partial charge in [0.25, 0.3) is 0 Å². The van der Waals surface area contributed by atoms with E-state index in [1.165, 1.54) is 0 Å². The minimum atomic E-state index is -3.55. The Labute approximate surface area is 155 Å². The normalized spacial score (nSPS) is 14.3. The minimum Gasteiger partial charge on any atom is -0.486 e. The van der Waals surface area contributed by atoms with Crippen molar-refractivity contribution in [2.24, 2.45) is 0 Å². The summed E-state index contributed by atoms with van der Waals surface area (Å²) < 4.78 is 39.1. The SMILES string of the molecule is CCc1ccc(S(=O)(=O)NCC(C)(C)c2ccc3c(c2)OCCO3)cc1. The molecule has 0 bridgehead atoms. The molecule has 0 aromatic heterocycles. The molecule has 0 aliphatic carbocycles. The van der Waals surface area contributed by atoms with Crippen LogP contribution in [0.1, 0.15) is 31.9 Å². The Morgan fingerprint density at radius 3 is 2.31 bits per heavy atom. The van der Waals surface area contributed by atoms with Crippen molar-refractivity contribution in [3.63, 3.8) is 0 Å². The summed E-state index contributed by atoms with van der Waals surface area (Å²) in [5.41, 5.74) is 1.71. The summed E-state index contributed by atoms with van der Waals surface area (Å²) in [6.07, 6.45) is 0.880. The van der Waals surface area contributed by atoms with Crippen LogP contribution in [-0.2, 0) is 21.9 Å². The predicted molar refractivity (Wildman–Crippen MR) is 101 cm³/mol. The quantitative estimate of drug-likeness (QED) is 0.842. The van der Waals surface area contributed by atoms with Crippen LogP contribution in [0.5, 0.6) is 11.5 Å². The summed E-state index contributed by atoms with van der Waals surface area (Å²) in [4.78, 5) is 0.285. The van der Waals surface area contributed by atoms with Crippen LogP contribution in [0, 0.1) is 0 Å². The van der Waals surface area contributed by atoms with Crippen LogP contribution in [0.15, 0.2) is 47.4 Å². The van der Waals surface area contributed by atoms with E-state index in [-0.39, 0.29) is 11.4 Å². The Bertz CT molecular complexity index is 873. The van der Waals surface area contributed by atoms with E-state index in [2.05, 4.69) is 4.72 Å². The van der Waals surface area contributed by atoms with Gasteiger partial charge in [-0.1, -0.05) is 39.0 Å². The number of fused-ring (bicyclic) bond motifs is 1. The van der Waals surface area contributed by atoms with Crippen LogP contribution >= 0.6 is 0 Å². The smallest absolute Gasteiger partial charge is 0.240 e. The van der Waals surface area contributed by atoms with Gasteiger partial charge in [0.1, 0.15) is 13.2 Å². The van der Waals surface area contributed by atoms with Crippen molar-refractivity contribution in [3.05, 3.63) is 53.6 Å². The summed E-state index contributed by atoms with van der Waals surface area (Å²) in [6, 6.07) is 12.8. The van der Waals surface area contributed by atoms with Crippen LogP contribution in [0.3, 0.4) is 0 Å². The molecule has 0 atom stereocenters. The predicted octanol–water partition coefficient (Wildman–Crippen LogP) is 3.28. The number of benzene rings is 2. The van der Waals surface area contributed by atoms with Gasteiger partial charge in [0.05, 0.1) is 4.90 Å². The van der Waals surface area contributed by atoms with Crippen molar-refractivity contribution < 1.29 is 17.9 Å². The van der Waals surface area contributed by atoms with Gasteiger partial charge in [-0.15, -0.1) is 0 Å². The summed E-state index contributed by atoms with van der Waals surface area (Å²) in [5.74, 6) is 1.44. The molecule has 0 saturated carbocycles. The topological polar surface area (TPSA) is 64.6 Å². The van der Waals surface area contributed by atoms with Gasteiger partial charge in [0, 0.05) is 12.0 Å². The lowest BCUT2D eigenvalue weighted by Crippen LogP contribution is -2.36. The third-order valence-corrected chi connectivity index (χ3v) is 6.09. The average molecular weight is 375 g/mol. The summed E-state index contributed by atoms with van der Waals surface area (Å²) in [5, 5.41) is 0. The third kappa shape index (κ3) is 4.02. The van der Waals surface area contributed by atoms with Gasteiger partial charge in [-0.25, -0.2) is 13.1 Å². The molecule has 1 aliphatic heterocycles. The first-order chi connectivity index (χ1) is 12.3. The molecule has 1 N–H and O–H groups in total. The molecule has 5 nitrogen and oxygen atoms in total. The molecule has 140 valence electrons. The fraction of sp³-hybridized carbons (Fsp3) is 0.400. The number of aryl methyl sites for hydroxylation is 1. The van der Waals surface area contributed by atoms with Crippen molar-refractivity contribution in [1.82, 2.24) is 4.72 Å². The van der Waals surface area contributed by atoms with E-state index >= 15 is 0 Å². The van der Waals surface area contributed by atoms with Gasteiger partial charge in [-0.3, -0.25) is 0 Å². The largest absolute Gasteiger partial charge is 0.486 e. The molecule has 26 heavy (non-hydrogen) atoms. The van der Waals surface area contributed by atoms with E-state index in [1.807, 2.05) is 51.1 Å². The van der Waals surface area contributed by atoms with E-state index in [0.29, 0.717) is 19.0 Å². The number of sulfonamides is 1. The zero-order valence-electron chi connectivity index (χ0n) is 15.4. The Morgan fingerprint density at radius 2 is 1.65 bits per heavy atom. The first kappa shape index (κ1) is 18.7. The molecule has 2 aromatic rings. The Morgan fingerprint density at radius 1 is 1.00 bits per heavy atom. The van der Waals surface area contributed by atoms with E-state index in [0.717, 1.165) is 23.3 Å². The Kier molecular flexibility index (Phi) is 5.25. The highest BCUT2D eigenvalue weighted by molar-refractivity contribution is 7.89. The molecule has 0 unspecified atom stereocenters. The van der Waals surface area contributed by atoms with Gasteiger partial charge < -0.3 is 9.47 Å². The van der Waals surface area contributed by atoms with Crippen molar-refractivity contribution in [3.8, 4) is 11.5 Å². The highest BCUT2D eigenvalue weighted by atomic mass is 32.2. The fourth-order valence-corrected chi connectivity index (χ4v) is 4.04. The lowest BCUT2D eigenvalue weighted by Gasteiger charge is -2.27. The number of rotatable bonds is 6. The molecule has 0 radical (unpaired) electrons. The molecule has 0 fully saturated rings. The zero-order chi connectivity index (χ0) is 18.8. The first-order valence-electron chi connectivity index (χ1n) is 8.80. The molecule has 0 spiro atoms. The Hall–Kier alpha value is -2.05.